The first-order valence-electron chi connectivity index (χ1n) is 8.42. The number of carboxylic acids is 1. The first-order chi connectivity index (χ1) is 13.6. The van der Waals surface area contributed by atoms with Crippen LogP contribution < -0.4 is 10.1 Å². The number of hydrogen-bond acceptors (Lipinski definition) is 4. The SMILES string of the molecule is N#C/C(=C\c1ccc(OCC(=O)O)cc1)C(=O)Nc1cccc2ccccc12. The predicted octanol–water partition coefficient (Wildman–Crippen LogP) is 3.85. The Morgan fingerprint density at radius 2 is 1.75 bits per heavy atom. The van der Waals surface area contributed by atoms with Gasteiger partial charge in [-0.25, -0.2) is 4.79 Å². The van der Waals surface area contributed by atoms with Gasteiger partial charge in [-0.3, -0.25) is 4.79 Å². The maximum atomic E-state index is 12.5. The minimum absolute atomic E-state index is 0.0489. The first kappa shape index (κ1) is 18.7. The predicted molar refractivity (Wildman–Crippen MR) is 106 cm³/mol. The quantitative estimate of drug-likeness (QED) is 0.506. The fraction of sp³-hybridized carbons (Fsp3) is 0.0455. The third-order valence-corrected chi connectivity index (χ3v) is 3.96. The van der Waals surface area contributed by atoms with E-state index in [0.29, 0.717) is 17.0 Å². The number of hydrogen-bond donors (Lipinski definition) is 2. The van der Waals surface area contributed by atoms with Gasteiger partial charge < -0.3 is 15.2 Å². The van der Waals surface area contributed by atoms with Crippen LogP contribution in [0.1, 0.15) is 5.56 Å². The minimum Gasteiger partial charge on any atom is -0.482 e. The molecule has 0 saturated heterocycles. The van der Waals surface area contributed by atoms with Crippen molar-refractivity contribution in [3.8, 4) is 11.8 Å². The Morgan fingerprint density at radius 3 is 2.46 bits per heavy atom. The third-order valence-electron chi connectivity index (χ3n) is 3.96. The summed E-state index contributed by atoms with van der Waals surface area (Å²) >= 11 is 0. The Kier molecular flexibility index (Phi) is 5.68. The van der Waals surface area contributed by atoms with E-state index in [1.165, 1.54) is 6.08 Å². The number of anilines is 1. The Bertz CT molecular complexity index is 1090. The standard InChI is InChI=1S/C22H16N2O4/c23-13-17(12-15-8-10-18(11-9-15)28-14-21(25)26)22(27)24-20-7-3-5-16-4-1-2-6-19(16)20/h1-12H,14H2,(H,24,27)(H,25,26)/b17-12+. The zero-order chi connectivity index (χ0) is 19.9. The molecule has 0 aliphatic carbocycles. The van der Waals surface area contributed by atoms with E-state index in [1.54, 1.807) is 30.3 Å². The molecule has 0 fully saturated rings. The topological polar surface area (TPSA) is 99.4 Å². The highest BCUT2D eigenvalue weighted by Crippen LogP contribution is 2.23. The Hall–Kier alpha value is -4.11. The van der Waals surface area contributed by atoms with Gasteiger partial charge in [0.1, 0.15) is 17.4 Å². The van der Waals surface area contributed by atoms with Gasteiger partial charge in [0, 0.05) is 11.1 Å². The van der Waals surface area contributed by atoms with Crippen molar-refractivity contribution in [3.05, 3.63) is 77.9 Å². The van der Waals surface area contributed by atoms with E-state index in [4.69, 9.17) is 9.84 Å². The smallest absolute Gasteiger partial charge is 0.341 e. The number of amides is 1. The molecule has 0 heterocycles. The van der Waals surface area contributed by atoms with Gasteiger partial charge in [-0.15, -0.1) is 0 Å². The van der Waals surface area contributed by atoms with Crippen LogP contribution in [0, 0.1) is 11.3 Å². The number of carbonyl (C=O) groups excluding carboxylic acids is 1. The van der Waals surface area contributed by atoms with Crippen molar-refractivity contribution < 1.29 is 19.4 Å². The molecule has 0 saturated carbocycles. The molecule has 138 valence electrons. The van der Waals surface area contributed by atoms with E-state index in [-0.39, 0.29) is 5.57 Å². The maximum Gasteiger partial charge on any atom is 0.341 e. The summed E-state index contributed by atoms with van der Waals surface area (Å²) in [5, 5.41) is 22.6. The summed E-state index contributed by atoms with van der Waals surface area (Å²) in [6, 6.07) is 21.5. The van der Waals surface area contributed by atoms with Crippen molar-refractivity contribution in [2.24, 2.45) is 0 Å². The number of aliphatic carboxylic acids is 1. The summed E-state index contributed by atoms with van der Waals surface area (Å²) < 4.78 is 5.06. The molecular formula is C22H16N2O4. The summed E-state index contributed by atoms with van der Waals surface area (Å²) in [7, 11) is 0. The molecule has 6 heteroatoms. The number of ether oxygens (including phenoxy) is 1. The molecule has 0 aromatic heterocycles. The van der Waals surface area contributed by atoms with E-state index in [0.717, 1.165) is 10.8 Å². The second-order valence-electron chi connectivity index (χ2n) is 5.90. The van der Waals surface area contributed by atoms with Crippen LogP contribution in [0.2, 0.25) is 0 Å². The second-order valence-corrected chi connectivity index (χ2v) is 5.90. The highest BCUT2D eigenvalue weighted by molar-refractivity contribution is 6.12. The van der Waals surface area contributed by atoms with Gasteiger partial charge in [-0.1, -0.05) is 48.5 Å². The van der Waals surface area contributed by atoms with Crippen molar-refractivity contribution in [1.29, 1.82) is 5.26 Å². The Morgan fingerprint density at radius 1 is 1.04 bits per heavy atom. The highest BCUT2D eigenvalue weighted by atomic mass is 16.5. The number of nitrogens with zero attached hydrogens (tertiary/aromatic N) is 1. The van der Waals surface area contributed by atoms with Crippen molar-refractivity contribution in [3.63, 3.8) is 0 Å². The first-order valence-corrected chi connectivity index (χ1v) is 8.42. The molecule has 3 aromatic carbocycles. The van der Waals surface area contributed by atoms with E-state index < -0.39 is 18.5 Å². The average Bonchev–Trinajstić information content (AvgIpc) is 2.71. The minimum atomic E-state index is -1.07. The van der Waals surface area contributed by atoms with Crippen LogP contribution >= 0.6 is 0 Å². The van der Waals surface area contributed by atoms with Crippen molar-refractivity contribution >= 4 is 34.4 Å². The fourth-order valence-corrected chi connectivity index (χ4v) is 2.64. The molecule has 0 spiro atoms. The van der Waals surface area contributed by atoms with Gasteiger partial charge in [-0.05, 0) is 35.2 Å². The van der Waals surface area contributed by atoms with Crippen LogP contribution in [0.15, 0.2) is 72.3 Å². The van der Waals surface area contributed by atoms with Crippen molar-refractivity contribution in [2.75, 3.05) is 11.9 Å². The lowest BCUT2D eigenvalue weighted by molar-refractivity contribution is -0.139. The number of nitriles is 1. The lowest BCUT2D eigenvalue weighted by Gasteiger charge is -2.08. The van der Waals surface area contributed by atoms with E-state index in [2.05, 4.69) is 5.32 Å². The molecule has 0 unspecified atom stereocenters. The summed E-state index contributed by atoms with van der Waals surface area (Å²) in [6.07, 6.45) is 1.46. The number of nitrogens with one attached hydrogen (secondary N) is 1. The average molecular weight is 372 g/mol. The van der Waals surface area contributed by atoms with Crippen LogP contribution in [0.5, 0.6) is 5.75 Å². The van der Waals surface area contributed by atoms with Gasteiger partial charge in [-0.2, -0.15) is 5.26 Å². The lowest BCUT2D eigenvalue weighted by atomic mass is 10.1. The molecule has 6 nitrogen and oxygen atoms in total. The second kappa shape index (κ2) is 8.52. The van der Waals surface area contributed by atoms with E-state index in [9.17, 15) is 14.9 Å². The number of benzene rings is 3. The molecule has 0 atom stereocenters. The molecule has 0 aliphatic heterocycles. The summed E-state index contributed by atoms with van der Waals surface area (Å²) in [5.41, 5.74) is 1.20. The molecule has 2 N–H and O–H groups in total. The Balaban J connectivity index is 1.78. The fourth-order valence-electron chi connectivity index (χ4n) is 2.64. The monoisotopic (exact) mass is 372 g/mol. The summed E-state index contributed by atoms with van der Waals surface area (Å²) in [5.74, 6) is -1.19. The summed E-state index contributed by atoms with van der Waals surface area (Å²) in [4.78, 5) is 23.1. The highest BCUT2D eigenvalue weighted by Gasteiger charge is 2.11. The van der Waals surface area contributed by atoms with E-state index >= 15 is 0 Å². The molecule has 0 radical (unpaired) electrons. The summed E-state index contributed by atoms with van der Waals surface area (Å²) in [6.45, 7) is -0.438. The zero-order valence-electron chi connectivity index (χ0n) is 14.8. The lowest BCUT2D eigenvalue weighted by Crippen LogP contribution is -2.13. The van der Waals surface area contributed by atoms with Crippen LogP contribution in [0.4, 0.5) is 5.69 Å². The molecule has 3 aromatic rings. The largest absolute Gasteiger partial charge is 0.482 e. The van der Waals surface area contributed by atoms with Gasteiger partial charge in [0.2, 0.25) is 0 Å². The van der Waals surface area contributed by atoms with Gasteiger partial charge >= 0.3 is 5.97 Å². The number of fused-ring (bicyclic) bond motifs is 1. The van der Waals surface area contributed by atoms with E-state index in [1.807, 2.05) is 42.5 Å². The number of carboxylic acid groups (broad SMARTS) is 1. The molecule has 3 rings (SSSR count). The van der Waals surface area contributed by atoms with Gasteiger partial charge in [0.05, 0.1) is 0 Å². The third kappa shape index (κ3) is 4.54. The van der Waals surface area contributed by atoms with Crippen LogP contribution in [-0.2, 0) is 9.59 Å². The molecular weight excluding hydrogens is 356 g/mol. The van der Waals surface area contributed by atoms with Crippen LogP contribution in [0.3, 0.4) is 0 Å². The molecule has 28 heavy (non-hydrogen) atoms. The number of carbonyl (C=O) groups is 2. The van der Waals surface area contributed by atoms with Crippen molar-refractivity contribution in [2.45, 2.75) is 0 Å². The molecule has 1 amide bonds. The molecule has 0 aliphatic rings. The van der Waals surface area contributed by atoms with Gasteiger partial charge in [0.25, 0.3) is 5.91 Å². The van der Waals surface area contributed by atoms with Crippen LogP contribution in [-0.4, -0.2) is 23.6 Å². The molecule has 0 bridgehead atoms. The normalized spacial score (nSPS) is 10.9. The number of rotatable bonds is 6. The van der Waals surface area contributed by atoms with Gasteiger partial charge in [0.15, 0.2) is 6.61 Å². The Labute approximate surface area is 161 Å². The van der Waals surface area contributed by atoms with Crippen LogP contribution in [0.25, 0.3) is 16.8 Å². The van der Waals surface area contributed by atoms with Crippen molar-refractivity contribution in [1.82, 2.24) is 0 Å². The zero-order valence-corrected chi connectivity index (χ0v) is 14.8. The maximum absolute atomic E-state index is 12.5.